The molecule has 124 valence electrons. The van der Waals surface area contributed by atoms with Crippen LogP contribution in [0, 0.1) is 0 Å². The molecule has 1 aliphatic heterocycles. The molecule has 1 aromatic heterocycles. The van der Waals surface area contributed by atoms with Gasteiger partial charge in [-0.2, -0.15) is 0 Å². The molecule has 0 radical (unpaired) electrons. The van der Waals surface area contributed by atoms with Crippen molar-refractivity contribution in [2.75, 3.05) is 52.4 Å². The van der Waals surface area contributed by atoms with Crippen LogP contribution in [0.1, 0.15) is 18.4 Å². The molecule has 0 bridgehead atoms. The average Bonchev–Trinajstić information content (AvgIpc) is 2.51. The first-order valence-corrected chi connectivity index (χ1v) is 8.67. The summed E-state index contributed by atoms with van der Waals surface area (Å²) in [6.07, 6.45) is 4.13. The molecule has 2 heterocycles. The lowest BCUT2D eigenvalue weighted by molar-refractivity contribution is 0.260. The SMILES string of the molecule is Clc1cc(CN2CCCNCCNCCCNCC2)ccn1. The molecule has 0 aliphatic carbocycles. The van der Waals surface area contributed by atoms with E-state index in [0.29, 0.717) is 5.15 Å². The Morgan fingerprint density at radius 1 is 0.955 bits per heavy atom. The number of halogens is 1. The second-order valence-corrected chi connectivity index (χ2v) is 6.11. The van der Waals surface area contributed by atoms with Crippen LogP contribution >= 0.6 is 11.6 Å². The fourth-order valence-corrected chi connectivity index (χ4v) is 2.82. The summed E-state index contributed by atoms with van der Waals surface area (Å²) in [5.41, 5.74) is 1.23. The zero-order valence-electron chi connectivity index (χ0n) is 13.3. The minimum Gasteiger partial charge on any atom is -0.315 e. The highest BCUT2D eigenvalue weighted by Gasteiger charge is 2.07. The van der Waals surface area contributed by atoms with Gasteiger partial charge in [0.1, 0.15) is 5.15 Å². The topological polar surface area (TPSA) is 52.2 Å². The Balaban J connectivity index is 1.82. The van der Waals surface area contributed by atoms with Gasteiger partial charge in [0.25, 0.3) is 0 Å². The molecule has 5 nitrogen and oxygen atoms in total. The van der Waals surface area contributed by atoms with Crippen molar-refractivity contribution in [1.82, 2.24) is 25.8 Å². The Labute approximate surface area is 138 Å². The van der Waals surface area contributed by atoms with Crippen molar-refractivity contribution in [3.8, 4) is 0 Å². The van der Waals surface area contributed by atoms with E-state index in [2.05, 4.69) is 31.9 Å². The molecule has 0 atom stereocenters. The van der Waals surface area contributed by atoms with Crippen LogP contribution in [0.25, 0.3) is 0 Å². The zero-order valence-corrected chi connectivity index (χ0v) is 14.0. The molecule has 0 unspecified atom stereocenters. The summed E-state index contributed by atoms with van der Waals surface area (Å²) < 4.78 is 0. The molecular weight excluding hydrogens is 298 g/mol. The van der Waals surface area contributed by atoms with Gasteiger partial charge in [-0.1, -0.05) is 11.6 Å². The minimum absolute atomic E-state index is 0.576. The second kappa shape index (κ2) is 10.9. The first kappa shape index (κ1) is 17.6. The van der Waals surface area contributed by atoms with Gasteiger partial charge in [0, 0.05) is 38.9 Å². The largest absolute Gasteiger partial charge is 0.315 e. The van der Waals surface area contributed by atoms with Crippen LogP contribution in [0.2, 0.25) is 5.15 Å². The second-order valence-electron chi connectivity index (χ2n) is 5.72. The molecule has 3 N–H and O–H groups in total. The summed E-state index contributed by atoms with van der Waals surface area (Å²) in [4.78, 5) is 6.55. The van der Waals surface area contributed by atoms with Crippen LogP contribution in [0.5, 0.6) is 0 Å². The summed E-state index contributed by atoms with van der Waals surface area (Å²) in [6.45, 7) is 9.48. The first-order chi connectivity index (χ1) is 10.8. The number of hydrogen-bond donors (Lipinski definition) is 3. The van der Waals surface area contributed by atoms with Crippen LogP contribution in [-0.4, -0.2) is 62.2 Å². The third-order valence-corrected chi connectivity index (χ3v) is 4.02. The normalized spacial score (nSPS) is 20.4. The molecule has 0 amide bonds. The lowest BCUT2D eigenvalue weighted by Crippen LogP contribution is -2.36. The van der Waals surface area contributed by atoms with Gasteiger partial charge in [0.05, 0.1) is 0 Å². The molecule has 1 fully saturated rings. The number of nitrogens with one attached hydrogen (secondary N) is 3. The van der Waals surface area contributed by atoms with Gasteiger partial charge in [-0.05, 0) is 56.7 Å². The van der Waals surface area contributed by atoms with Crippen LogP contribution in [0.4, 0.5) is 0 Å². The number of nitrogens with zero attached hydrogens (tertiary/aromatic N) is 2. The lowest BCUT2D eigenvalue weighted by atomic mass is 10.2. The molecule has 1 aromatic rings. The van der Waals surface area contributed by atoms with E-state index in [1.54, 1.807) is 6.20 Å². The van der Waals surface area contributed by atoms with Gasteiger partial charge in [-0.25, -0.2) is 4.98 Å². The van der Waals surface area contributed by atoms with Crippen molar-refractivity contribution in [1.29, 1.82) is 0 Å². The Hall–Kier alpha value is -0.720. The first-order valence-electron chi connectivity index (χ1n) is 8.29. The van der Waals surface area contributed by atoms with E-state index in [4.69, 9.17) is 11.6 Å². The van der Waals surface area contributed by atoms with Crippen LogP contribution in [-0.2, 0) is 6.54 Å². The maximum atomic E-state index is 5.98. The maximum Gasteiger partial charge on any atom is 0.129 e. The third-order valence-electron chi connectivity index (χ3n) is 3.82. The monoisotopic (exact) mass is 325 g/mol. The number of pyridine rings is 1. The van der Waals surface area contributed by atoms with Crippen molar-refractivity contribution in [2.24, 2.45) is 0 Å². The molecule has 1 saturated heterocycles. The predicted molar refractivity (Wildman–Crippen MR) is 92.4 cm³/mol. The van der Waals surface area contributed by atoms with Gasteiger partial charge in [-0.15, -0.1) is 0 Å². The number of rotatable bonds is 2. The molecule has 1 aliphatic rings. The average molecular weight is 326 g/mol. The van der Waals surface area contributed by atoms with Gasteiger partial charge in [-0.3, -0.25) is 4.90 Å². The smallest absolute Gasteiger partial charge is 0.129 e. The van der Waals surface area contributed by atoms with Crippen LogP contribution < -0.4 is 16.0 Å². The van der Waals surface area contributed by atoms with E-state index in [1.807, 2.05) is 6.07 Å². The van der Waals surface area contributed by atoms with Gasteiger partial charge in [0.15, 0.2) is 0 Å². The predicted octanol–water partition coefficient (Wildman–Crippen LogP) is 1.10. The van der Waals surface area contributed by atoms with E-state index in [1.165, 1.54) is 18.4 Å². The van der Waals surface area contributed by atoms with E-state index < -0.39 is 0 Å². The highest BCUT2D eigenvalue weighted by molar-refractivity contribution is 6.29. The Bertz CT molecular complexity index is 401. The Morgan fingerprint density at radius 2 is 1.68 bits per heavy atom. The maximum absolute atomic E-state index is 5.98. The van der Waals surface area contributed by atoms with Crippen LogP contribution in [0.3, 0.4) is 0 Å². The minimum atomic E-state index is 0.576. The molecule has 22 heavy (non-hydrogen) atoms. The molecule has 2 rings (SSSR count). The van der Waals surface area contributed by atoms with Crippen LogP contribution in [0.15, 0.2) is 18.3 Å². The lowest BCUT2D eigenvalue weighted by Gasteiger charge is -2.23. The van der Waals surface area contributed by atoms with Gasteiger partial charge >= 0.3 is 0 Å². The van der Waals surface area contributed by atoms with Crippen molar-refractivity contribution in [2.45, 2.75) is 19.4 Å². The van der Waals surface area contributed by atoms with Crippen molar-refractivity contribution >= 4 is 11.6 Å². The molecule has 0 saturated carbocycles. The van der Waals surface area contributed by atoms with E-state index in [9.17, 15) is 0 Å². The Morgan fingerprint density at radius 3 is 2.45 bits per heavy atom. The van der Waals surface area contributed by atoms with Gasteiger partial charge in [0.2, 0.25) is 0 Å². The molecule has 0 spiro atoms. The fraction of sp³-hybridized carbons (Fsp3) is 0.688. The van der Waals surface area contributed by atoms with E-state index in [-0.39, 0.29) is 0 Å². The summed E-state index contributed by atoms with van der Waals surface area (Å²) in [7, 11) is 0. The standard InChI is InChI=1S/C16H28ClN5/c17-16-13-15(3-7-21-16)14-22-11-2-6-19-9-8-18-4-1-5-20-10-12-22/h3,7,13,18-20H,1-2,4-6,8-12,14H2. The zero-order chi connectivity index (χ0) is 15.5. The third kappa shape index (κ3) is 7.51. The van der Waals surface area contributed by atoms with Crippen molar-refractivity contribution < 1.29 is 0 Å². The molecular formula is C16H28ClN5. The summed E-state index contributed by atoms with van der Waals surface area (Å²) in [5, 5.41) is 11.1. The fourth-order valence-electron chi connectivity index (χ4n) is 2.62. The van der Waals surface area contributed by atoms with Gasteiger partial charge < -0.3 is 16.0 Å². The Kier molecular flexibility index (Phi) is 8.75. The summed E-state index contributed by atoms with van der Waals surface area (Å²) >= 11 is 5.98. The van der Waals surface area contributed by atoms with E-state index >= 15 is 0 Å². The summed E-state index contributed by atoms with van der Waals surface area (Å²) in [6, 6.07) is 4.01. The molecule has 6 heteroatoms. The number of hydrogen-bond acceptors (Lipinski definition) is 5. The highest BCUT2D eigenvalue weighted by Crippen LogP contribution is 2.10. The summed E-state index contributed by atoms with van der Waals surface area (Å²) in [5.74, 6) is 0. The quantitative estimate of drug-likeness (QED) is 0.711. The highest BCUT2D eigenvalue weighted by atomic mass is 35.5. The number of aromatic nitrogens is 1. The van der Waals surface area contributed by atoms with Crippen molar-refractivity contribution in [3.05, 3.63) is 29.0 Å². The van der Waals surface area contributed by atoms with E-state index in [0.717, 1.165) is 58.9 Å². The molecule has 0 aromatic carbocycles. The van der Waals surface area contributed by atoms with Crippen molar-refractivity contribution in [3.63, 3.8) is 0 Å².